The topological polar surface area (TPSA) is 0 Å². The fourth-order valence-electron chi connectivity index (χ4n) is 4.29. The monoisotopic (exact) mass is 354 g/mol. The molecule has 3 aliphatic rings. The number of halogens is 1. The molecular formula is C24H47F. The van der Waals surface area contributed by atoms with Gasteiger partial charge in [0.25, 0.3) is 0 Å². The summed E-state index contributed by atoms with van der Waals surface area (Å²) < 4.78 is 13.2. The van der Waals surface area contributed by atoms with Crippen LogP contribution in [-0.2, 0) is 0 Å². The highest BCUT2D eigenvalue weighted by molar-refractivity contribution is 4.88. The van der Waals surface area contributed by atoms with Gasteiger partial charge in [0.1, 0.15) is 5.67 Å². The molecule has 0 unspecified atom stereocenters. The van der Waals surface area contributed by atoms with E-state index in [0.717, 1.165) is 49.4 Å². The van der Waals surface area contributed by atoms with Crippen LogP contribution in [0.25, 0.3) is 0 Å². The Morgan fingerprint density at radius 3 is 1.16 bits per heavy atom. The summed E-state index contributed by atoms with van der Waals surface area (Å²) in [5, 5.41) is 0. The molecule has 0 atom stereocenters. The third-order valence-corrected chi connectivity index (χ3v) is 6.08. The van der Waals surface area contributed by atoms with Crippen molar-refractivity contribution in [3.05, 3.63) is 0 Å². The third-order valence-electron chi connectivity index (χ3n) is 6.08. The van der Waals surface area contributed by atoms with Gasteiger partial charge in [-0.05, 0) is 68.1 Å². The fourth-order valence-corrected chi connectivity index (χ4v) is 4.29. The molecule has 0 aromatic carbocycles. The molecule has 0 radical (unpaired) electrons. The smallest absolute Gasteiger partial charge is 0.111 e. The molecule has 3 saturated carbocycles. The van der Waals surface area contributed by atoms with Crippen molar-refractivity contribution in [3.63, 3.8) is 0 Å². The number of rotatable bonds is 6. The zero-order valence-corrected chi connectivity index (χ0v) is 18.2. The minimum Gasteiger partial charge on any atom is -0.244 e. The summed E-state index contributed by atoms with van der Waals surface area (Å²) in [6, 6.07) is 0. The molecule has 0 spiro atoms. The Morgan fingerprint density at radius 2 is 1.08 bits per heavy atom. The predicted molar refractivity (Wildman–Crippen MR) is 111 cm³/mol. The molecule has 3 aliphatic carbocycles. The summed E-state index contributed by atoms with van der Waals surface area (Å²) >= 11 is 0. The summed E-state index contributed by atoms with van der Waals surface area (Å²) in [7, 11) is 0. The Morgan fingerprint density at radius 1 is 0.680 bits per heavy atom. The van der Waals surface area contributed by atoms with Crippen molar-refractivity contribution in [1.82, 2.24) is 0 Å². The highest BCUT2D eigenvalue weighted by atomic mass is 19.1. The maximum atomic E-state index is 13.2. The molecule has 0 aliphatic heterocycles. The minimum atomic E-state index is -0.756. The van der Waals surface area contributed by atoms with Gasteiger partial charge in [-0.2, -0.15) is 0 Å². The van der Waals surface area contributed by atoms with Crippen LogP contribution < -0.4 is 0 Å². The molecule has 0 nitrogen and oxygen atoms in total. The fraction of sp³-hybridized carbons (Fsp3) is 1.00. The van der Waals surface area contributed by atoms with E-state index in [-0.39, 0.29) is 0 Å². The van der Waals surface area contributed by atoms with Gasteiger partial charge in [-0.15, -0.1) is 0 Å². The van der Waals surface area contributed by atoms with Gasteiger partial charge in [0, 0.05) is 0 Å². The summed E-state index contributed by atoms with van der Waals surface area (Å²) in [6.45, 7) is 13.4. The average molecular weight is 355 g/mol. The van der Waals surface area contributed by atoms with Gasteiger partial charge in [0.2, 0.25) is 0 Å². The van der Waals surface area contributed by atoms with Gasteiger partial charge in [0.15, 0.2) is 0 Å². The van der Waals surface area contributed by atoms with E-state index < -0.39 is 5.67 Å². The second kappa shape index (κ2) is 11.6. The molecule has 0 amide bonds. The average Bonchev–Trinajstić information content (AvgIpc) is 2.37. The van der Waals surface area contributed by atoms with Crippen LogP contribution in [-0.4, -0.2) is 5.67 Å². The molecule has 150 valence electrons. The number of alkyl halides is 1. The Hall–Kier alpha value is -0.0700. The molecular weight excluding hydrogens is 307 g/mol. The first-order valence-corrected chi connectivity index (χ1v) is 11.4. The second-order valence-corrected chi connectivity index (χ2v) is 10.5. The van der Waals surface area contributed by atoms with E-state index in [1.807, 2.05) is 0 Å². The van der Waals surface area contributed by atoms with Gasteiger partial charge in [-0.1, -0.05) is 80.1 Å². The van der Waals surface area contributed by atoms with Crippen molar-refractivity contribution < 1.29 is 4.39 Å². The van der Waals surface area contributed by atoms with E-state index in [1.54, 1.807) is 0 Å². The molecule has 3 fully saturated rings. The van der Waals surface area contributed by atoms with E-state index in [0.29, 0.717) is 5.92 Å². The second-order valence-electron chi connectivity index (χ2n) is 10.5. The Kier molecular flexibility index (Phi) is 10.7. The molecule has 0 aromatic rings. The Bertz CT molecular complexity index is 299. The number of hydrogen-bond acceptors (Lipinski definition) is 0. The zero-order valence-electron chi connectivity index (χ0n) is 18.2. The standard InChI is InChI=1S/C8H15F.2C8H16/c1-7(2)6-8(9)4-3-5-8;2*1-7(2)6-8-4-3-5-8/h7H,3-6H2,1-2H3;2*7-8H,3-6H2,1-2H3. The van der Waals surface area contributed by atoms with Crippen molar-refractivity contribution in [1.29, 1.82) is 0 Å². The van der Waals surface area contributed by atoms with Crippen molar-refractivity contribution in [2.45, 2.75) is 124 Å². The first-order chi connectivity index (χ1) is 11.7. The lowest BCUT2D eigenvalue weighted by Gasteiger charge is -2.35. The predicted octanol–water partition coefficient (Wildman–Crippen LogP) is 8.59. The van der Waals surface area contributed by atoms with Gasteiger partial charge < -0.3 is 0 Å². The van der Waals surface area contributed by atoms with Gasteiger partial charge in [0.05, 0.1) is 0 Å². The summed E-state index contributed by atoms with van der Waals surface area (Å²) in [5.41, 5.74) is -0.756. The largest absolute Gasteiger partial charge is 0.244 e. The van der Waals surface area contributed by atoms with Gasteiger partial charge in [-0.25, -0.2) is 4.39 Å². The quantitative estimate of drug-likeness (QED) is 0.448. The molecule has 0 N–H and O–H groups in total. The highest BCUT2D eigenvalue weighted by Gasteiger charge is 2.36. The van der Waals surface area contributed by atoms with Crippen LogP contribution in [0.5, 0.6) is 0 Å². The summed E-state index contributed by atoms with van der Waals surface area (Å²) in [5.74, 6) is 4.60. The maximum absolute atomic E-state index is 13.2. The number of hydrogen-bond donors (Lipinski definition) is 0. The van der Waals surface area contributed by atoms with Crippen LogP contribution in [0.4, 0.5) is 4.39 Å². The van der Waals surface area contributed by atoms with E-state index in [4.69, 9.17) is 0 Å². The van der Waals surface area contributed by atoms with Crippen LogP contribution in [0.3, 0.4) is 0 Å². The Labute approximate surface area is 158 Å². The first-order valence-electron chi connectivity index (χ1n) is 11.4. The van der Waals surface area contributed by atoms with Crippen LogP contribution in [0.2, 0.25) is 0 Å². The van der Waals surface area contributed by atoms with E-state index in [2.05, 4.69) is 41.5 Å². The van der Waals surface area contributed by atoms with Crippen LogP contribution in [0.15, 0.2) is 0 Å². The third kappa shape index (κ3) is 10.6. The zero-order chi connectivity index (χ0) is 18.9. The van der Waals surface area contributed by atoms with Crippen LogP contribution in [0.1, 0.15) is 119 Å². The van der Waals surface area contributed by atoms with Crippen molar-refractivity contribution in [2.24, 2.45) is 29.6 Å². The van der Waals surface area contributed by atoms with Crippen molar-refractivity contribution in [3.8, 4) is 0 Å². The lowest BCUT2D eigenvalue weighted by atomic mass is 9.77. The van der Waals surface area contributed by atoms with E-state index in [1.165, 1.54) is 51.4 Å². The van der Waals surface area contributed by atoms with Crippen molar-refractivity contribution in [2.75, 3.05) is 0 Å². The SMILES string of the molecule is CC(C)CC1(F)CCC1.CC(C)CC1CCC1.CC(C)CC1CCC1. The van der Waals surface area contributed by atoms with Gasteiger partial charge in [-0.3, -0.25) is 0 Å². The maximum Gasteiger partial charge on any atom is 0.111 e. The van der Waals surface area contributed by atoms with Crippen LogP contribution in [0, 0.1) is 29.6 Å². The molecule has 0 aromatic heterocycles. The molecule has 0 heterocycles. The minimum absolute atomic E-state index is 0.523. The summed E-state index contributed by atoms with van der Waals surface area (Å²) in [6.07, 6.45) is 15.5. The highest BCUT2D eigenvalue weighted by Crippen LogP contribution is 2.40. The van der Waals surface area contributed by atoms with Crippen LogP contribution >= 0.6 is 0 Å². The molecule has 0 saturated heterocycles. The molecule has 1 heteroatoms. The summed E-state index contributed by atoms with van der Waals surface area (Å²) in [4.78, 5) is 0. The lowest BCUT2D eigenvalue weighted by Crippen LogP contribution is -2.32. The normalized spacial score (nSPS) is 22.3. The van der Waals surface area contributed by atoms with E-state index in [9.17, 15) is 4.39 Å². The Balaban J connectivity index is 0.000000188. The van der Waals surface area contributed by atoms with E-state index >= 15 is 0 Å². The van der Waals surface area contributed by atoms with Crippen molar-refractivity contribution >= 4 is 0 Å². The lowest BCUT2D eigenvalue weighted by molar-refractivity contribution is 0.0406. The molecule has 0 bridgehead atoms. The molecule has 3 rings (SSSR count). The molecule has 25 heavy (non-hydrogen) atoms. The first kappa shape index (κ1) is 23.0. The van der Waals surface area contributed by atoms with Gasteiger partial charge >= 0.3 is 0 Å².